The standard InChI is InChI=1S/C17H24N2O5S/c1-4-5-14-6-7-15(16(12-14)23-2)24-13-17(20)18-8-10-19(11-9-18)25(3,21)22/h4-7,12H,8-11,13H2,1-3H3/b5-4-. The average Bonchev–Trinajstić information content (AvgIpc) is 2.59. The van der Waals surface area contributed by atoms with Gasteiger partial charge in [0.25, 0.3) is 5.91 Å². The van der Waals surface area contributed by atoms with Gasteiger partial charge in [0, 0.05) is 26.2 Å². The van der Waals surface area contributed by atoms with Gasteiger partial charge in [-0.05, 0) is 24.6 Å². The number of amides is 1. The molecule has 0 atom stereocenters. The number of carbonyl (C=O) groups excluding carboxylic acids is 1. The normalized spacial score (nSPS) is 16.2. The summed E-state index contributed by atoms with van der Waals surface area (Å²) < 4.78 is 35.3. The monoisotopic (exact) mass is 368 g/mol. The van der Waals surface area contributed by atoms with E-state index in [1.165, 1.54) is 10.6 Å². The lowest BCUT2D eigenvalue weighted by atomic mass is 10.2. The van der Waals surface area contributed by atoms with Crippen molar-refractivity contribution in [1.82, 2.24) is 9.21 Å². The van der Waals surface area contributed by atoms with Crippen molar-refractivity contribution in [2.24, 2.45) is 0 Å². The number of nitrogens with zero attached hydrogens (tertiary/aromatic N) is 2. The minimum atomic E-state index is -3.21. The van der Waals surface area contributed by atoms with E-state index in [1.54, 1.807) is 18.1 Å². The molecule has 7 nitrogen and oxygen atoms in total. The number of carbonyl (C=O) groups is 1. The van der Waals surface area contributed by atoms with E-state index >= 15 is 0 Å². The molecule has 25 heavy (non-hydrogen) atoms. The third-order valence-electron chi connectivity index (χ3n) is 3.96. The van der Waals surface area contributed by atoms with Gasteiger partial charge in [0.15, 0.2) is 18.1 Å². The number of allylic oxidation sites excluding steroid dienone is 1. The second kappa shape index (κ2) is 8.35. The van der Waals surface area contributed by atoms with Crippen LogP contribution in [-0.2, 0) is 14.8 Å². The fourth-order valence-electron chi connectivity index (χ4n) is 2.60. The number of hydrogen-bond acceptors (Lipinski definition) is 5. The predicted molar refractivity (Wildman–Crippen MR) is 96.2 cm³/mol. The van der Waals surface area contributed by atoms with Crippen molar-refractivity contribution < 1.29 is 22.7 Å². The molecule has 0 N–H and O–H groups in total. The zero-order chi connectivity index (χ0) is 18.4. The lowest BCUT2D eigenvalue weighted by molar-refractivity contribution is -0.134. The molecule has 1 aromatic carbocycles. The van der Waals surface area contributed by atoms with Gasteiger partial charge in [-0.15, -0.1) is 0 Å². The van der Waals surface area contributed by atoms with Crippen LogP contribution in [0.5, 0.6) is 11.5 Å². The minimum Gasteiger partial charge on any atom is -0.493 e. The van der Waals surface area contributed by atoms with Crippen LogP contribution >= 0.6 is 0 Å². The van der Waals surface area contributed by atoms with Crippen LogP contribution in [0, 0.1) is 0 Å². The van der Waals surface area contributed by atoms with Crippen LogP contribution in [0.1, 0.15) is 12.5 Å². The van der Waals surface area contributed by atoms with E-state index in [4.69, 9.17) is 9.47 Å². The van der Waals surface area contributed by atoms with E-state index in [1.807, 2.05) is 31.2 Å². The van der Waals surface area contributed by atoms with E-state index in [2.05, 4.69) is 0 Å². The van der Waals surface area contributed by atoms with Gasteiger partial charge in [-0.3, -0.25) is 4.79 Å². The third kappa shape index (κ3) is 5.20. The van der Waals surface area contributed by atoms with Crippen molar-refractivity contribution in [2.45, 2.75) is 6.92 Å². The number of piperazine rings is 1. The Morgan fingerprint density at radius 1 is 1.20 bits per heavy atom. The first-order valence-corrected chi connectivity index (χ1v) is 9.86. The first-order valence-electron chi connectivity index (χ1n) is 8.01. The molecule has 1 aliphatic rings. The molecule has 1 saturated heterocycles. The van der Waals surface area contributed by atoms with Crippen molar-refractivity contribution in [2.75, 3.05) is 46.2 Å². The molecule has 1 amide bonds. The van der Waals surface area contributed by atoms with Gasteiger partial charge in [0.1, 0.15) is 0 Å². The van der Waals surface area contributed by atoms with Gasteiger partial charge in [-0.2, -0.15) is 4.31 Å². The lowest BCUT2D eigenvalue weighted by Gasteiger charge is -2.33. The Morgan fingerprint density at radius 3 is 2.44 bits per heavy atom. The lowest BCUT2D eigenvalue weighted by Crippen LogP contribution is -2.51. The van der Waals surface area contributed by atoms with Gasteiger partial charge < -0.3 is 14.4 Å². The van der Waals surface area contributed by atoms with Crippen LogP contribution in [0.3, 0.4) is 0 Å². The minimum absolute atomic E-state index is 0.113. The molecule has 0 aliphatic carbocycles. The summed E-state index contributed by atoms with van der Waals surface area (Å²) in [6.45, 7) is 3.18. The Balaban J connectivity index is 1.92. The van der Waals surface area contributed by atoms with E-state index in [0.717, 1.165) is 5.56 Å². The fourth-order valence-corrected chi connectivity index (χ4v) is 3.43. The van der Waals surface area contributed by atoms with E-state index < -0.39 is 10.0 Å². The Hall–Kier alpha value is -2.06. The Labute approximate surface area is 148 Å². The molecule has 0 radical (unpaired) electrons. The number of benzene rings is 1. The van der Waals surface area contributed by atoms with Crippen molar-refractivity contribution in [1.29, 1.82) is 0 Å². The van der Waals surface area contributed by atoms with Gasteiger partial charge in [0.2, 0.25) is 10.0 Å². The van der Waals surface area contributed by atoms with Gasteiger partial charge in [0.05, 0.1) is 13.4 Å². The smallest absolute Gasteiger partial charge is 0.260 e. The van der Waals surface area contributed by atoms with Gasteiger partial charge >= 0.3 is 0 Å². The molecule has 1 aliphatic heterocycles. The first kappa shape index (κ1) is 19.3. The number of hydrogen-bond donors (Lipinski definition) is 0. The maximum Gasteiger partial charge on any atom is 0.260 e. The molecule has 0 spiro atoms. The number of ether oxygens (including phenoxy) is 2. The highest BCUT2D eigenvalue weighted by molar-refractivity contribution is 7.88. The molecule has 1 fully saturated rings. The van der Waals surface area contributed by atoms with Crippen LogP contribution in [-0.4, -0.2) is 69.7 Å². The molecule has 1 heterocycles. The summed E-state index contributed by atoms with van der Waals surface area (Å²) in [6, 6.07) is 5.49. The molecule has 0 bridgehead atoms. The maximum absolute atomic E-state index is 12.3. The van der Waals surface area contributed by atoms with Crippen LogP contribution < -0.4 is 9.47 Å². The summed E-state index contributed by atoms with van der Waals surface area (Å²) in [5, 5.41) is 0. The molecule has 0 saturated carbocycles. The Bertz CT molecular complexity index is 737. The topological polar surface area (TPSA) is 76.2 Å². The second-order valence-electron chi connectivity index (χ2n) is 5.74. The summed E-state index contributed by atoms with van der Waals surface area (Å²) in [7, 11) is -1.66. The number of sulfonamides is 1. The predicted octanol–water partition coefficient (Wildman–Crippen LogP) is 1.21. The van der Waals surface area contributed by atoms with E-state index in [9.17, 15) is 13.2 Å². The molecule has 2 rings (SSSR count). The molecule has 8 heteroatoms. The van der Waals surface area contributed by atoms with Crippen LogP contribution in [0.4, 0.5) is 0 Å². The van der Waals surface area contributed by atoms with Crippen molar-refractivity contribution in [3.63, 3.8) is 0 Å². The number of rotatable bonds is 6. The zero-order valence-corrected chi connectivity index (χ0v) is 15.6. The van der Waals surface area contributed by atoms with E-state index in [-0.39, 0.29) is 12.5 Å². The Kier molecular flexibility index (Phi) is 6.44. The molecule has 1 aromatic rings. The van der Waals surface area contributed by atoms with Gasteiger partial charge in [-0.25, -0.2) is 8.42 Å². The largest absolute Gasteiger partial charge is 0.493 e. The maximum atomic E-state index is 12.3. The van der Waals surface area contributed by atoms with Crippen LogP contribution in [0.25, 0.3) is 6.08 Å². The third-order valence-corrected chi connectivity index (χ3v) is 5.26. The second-order valence-corrected chi connectivity index (χ2v) is 7.72. The summed E-state index contributed by atoms with van der Waals surface area (Å²) in [4.78, 5) is 13.9. The highest BCUT2D eigenvalue weighted by Crippen LogP contribution is 2.28. The van der Waals surface area contributed by atoms with E-state index in [0.29, 0.717) is 37.7 Å². The molecule has 0 unspecified atom stereocenters. The zero-order valence-electron chi connectivity index (χ0n) is 14.8. The summed E-state index contributed by atoms with van der Waals surface area (Å²) in [5.74, 6) is 0.886. The SMILES string of the molecule is C/C=C\c1ccc(OCC(=O)N2CCN(S(C)(=O)=O)CC2)c(OC)c1. The molecule has 0 aromatic heterocycles. The highest BCUT2D eigenvalue weighted by Gasteiger charge is 2.26. The quantitative estimate of drug-likeness (QED) is 0.754. The molecular weight excluding hydrogens is 344 g/mol. The molecular formula is C17H24N2O5S. The fraction of sp³-hybridized carbons (Fsp3) is 0.471. The first-order chi connectivity index (χ1) is 11.8. The van der Waals surface area contributed by atoms with Crippen LogP contribution in [0.2, 0.25) is 0 Å². The molecule has 138 valence electrons. The van der Waals surface area contributed by atoms with Gasteiger partial charge in [-0.1, -0.05) is 18.2 Å². The van der Waals surface area contributed by atoms with Crippen molar-refractivity contribution in [3.8, 4) is 11.5 Å². The van der Waals surface area contributed by atoms with Crippen molar-refractivity contribution >= 4 is 22.0 Å². The van der Waals surface area contributed by atoms with Crippen molar-refractivity contribution in [3.05, 3.63) is 29.8 Å². The number of methoxy groups -OCH3 is 1. The summed E-state index contributed by atoms with van der Waals surface area (Å²) in [6.07, 6.45) is 5.05. The van der Waals surface area contributed by atoms with Crippen LogP contribution in [0.15, 0.2) is 24.3 Å². The summed E-state index contributed by atoms with van der Waals surface area (Å²) in [5.41, 5.74) is 0.981. The average molecular weight is 368 g/mol. The Morgan fingerprint density at radius 2 is 1.88 bits per heavy atom. The highest BCUT2D eigenvalue weighted by atomic mass is 32.2. The summed E-state index contributed by atoms with van der Waals surface area (Å²) >= 11 is 0.